The van der Waals surface area contributed by atoms with Crippen LogP contribution in [0.15, 0.2) is 24.3 Å². The second-order valence-electron chi connectivity index (χ2n) is 5.03. The summed E-state index contributed by atoms with van der Waals surface area (Å²) < 4.78 is 13.0. The summed E-state index contributed by atoms with van der Waals surface area (Å²) in [7, 11) is -1.36. The monoisotopic (exact) mass is 361 g/mol. The van der Waals surface area contributed by atoms with Crippen LogP contribution in [0.1, 0.15) is 32.4 Å². The van der Waals surface area contributed by atoms with Crippen molar-refractivity contribution < 1.29 is 4.21 Å². The first-order chi connectivity index (χ1) is 8.51. The molecule has 0 aliphatic carbocycles. The average Bonchev–Trinajstić information content (AvgIpc) is 2.24. The first kappa shape index (κ1) is 17.5. The number of rotatable bonds is 3. The van der Waals surface area contributed by atoms with Gasteiger partial charge in [-0.15, -0.1) is 0 Å². The largest absolute Gasteiger partial charge is 0.242 e. The lowest BCUT2D eigenvalue weighted by Gasteiger charge is -2.29. The van der Waals surface area contributed by atoms with E-state index in [0.29, 0.717) is 10.6 Å². The third kappa shape index (κ3) is 5.41. The number of hydrogen-bond donors (Lipinski definition) is 1. The van der Waals surface area contributed by atoms with Gasteiger partial charge in [0.2, 0.25) is 3.79 Å². The smallest absolute Gasteiger partial charge is 0.210 e. The van der Waals surface area contributed by atoms with Crippen LogP contribution in [-0.2, 0) is 11.0 Å². The Hall–Kier alpha value is 0.490. The third-order valence-corrected chi connectivity index (χ3v) is 4.78. The highest BCUT2D eigenvalue weighted by molar-refractivity contribution is 7.84. The number of hydrogen-bond acceptors (Lipinski definition) is 1. The van der Waals surface area contributed by atoms with Crippen LogP contribution < -0.4 is 4.72 Å². The molecule has 0 aromatic heterocycles. The Morgan fingerprint density at radius 3 is 1.95 bits per heavy atom. The van der Waals surface area contributed by atoms with E-state index in [0.717, 1.165) is 0 Å². The lowest BCUT2D eigenvalue weighted by molar-refractivity contribution is 0.603. The lowest BCUT2D eigenvalue weighted by Crippen LogP contribution is -2.40. The normalized spacial score (nSPS) is 16.2. The van der Waals surface area contributed by atoms with E-state index in [1.54, 1.807) is 24.3 Å². The number of alkyl halides is 3. The molecule has 1 aromatic carbocycles. The molecule has 2 atom stereocenters. The average molecular weight is 363 g/mol. The maximum atomic E-state index is 12.2. The predicted molar refractivity (Wildman–Crippen MR) is 85.5 cm³/mol. The summed E-state index contributed by atoms with van der Waals surface area (Å²) in [5.41, 5.74) is 0.710. The summed E-state index contributed by atoms with van der Waals surface area (Å²) in [6.07, 6.45) is 0. The van der Waals surface area contributed by atoms with Crippen molar-refractivity contribution in [2.75, 3.05) is 0 Å². The molecular formula is C12H15Cl4NOS. The SMILES string of the molecule is CC(C)(C)[S@@](=O)N[C@@H](c1ccc(Cl)cc1)C(Cl)(Cl)Cl. The summed E-state index contributed by atoms with van der Waals surface area (Å²) in [5, 5.41) is 0.587. The van der Waals surface area contributed by atoms with E-state index in [2.05, 4.69) is 4.72 Å². The first-order valence-electron chi connectivity index (χ1n) is 5.52. The van der Waals surface area contributed by atoms with E-state index in [-0.39, 0.29) is 0 Å². The van der Waals surface area contributed by atoms with Gasteiger partial charge in [0.15, 0.2) is 0 Å². The summed E-state index contributed by atoms with van der Waals surface area (Å²) >= 11 is 23.7. The second-order valence-corrected chi connectivity index (χ2v) is 9.83. The summed E-state index contributed by atoms with van der Waals surface area (Å²) in [6.45, 7) is 5.52. The van der Waals surface area contributed by atoms with Gasteiger partial charge >= 0.3 is 0 Å². The summed E-state index contributed by atoms with van der Waals surface area (Å²) in [6, 6.07) is 6.18. The Bertz CT molecular complexity index is 450. The molecule has 1 N–H and O–H groups in total. The van der Waals surface area contributed by atoms with Crippen LogP contribution in [0.5, 0.6) is 0 Å². The number of nitrogens with one attached hydrogen (secondary N) is 1. The van der Waals surface area contributed by atoms with Crippen molar-refractivity contribution >= 4 is 57.4 Å². The topological polar surface area (TPSA) is 29.1 Å². The zero-order valence-electron chi connectivity index (χ0n) is 10.7. The van der Waals surface area contributed by atoms with Crippen LogP contribution in [0, 0.1) is 0 Å². The molecule has 7 heteroatoms. The Labute approximate surface area is 136 Å². The molecule has 0 saturated carbocycles. The molecule has 19 heavy (non-hydrogen) atoms. The molecule has 0 aliphatic rings. The fourth-order valence-electron chi connectivity index (χ4n) is 1.26. The van der Waals surface area contributed by atoms with E-state index in [1.807, 2.05) is 20.8 Å². The highest BCUT2D eigenvalue weighted by Gasteiger charge is 2.37. The molecule has 0 aliphatic heterocycles. The standard InChI is InChI=1S/C12H15Cl4NOS/c1-11(2,3)19(18)17-10(12(14,15)16)8-4-6-9(13)7-5-8/h4-7,10,17H,1-3H3/t10-,19+/m0/s1. The highest BCUT2D eigenvalue weighted by atomic mass is 35.6. The fraction of sp³-hybridized carbons (Fsp3) is 0.500. The maximum Gasteiger partial charge on any atom is 0.210 e. The Morgan fingerprint density at radius 2 is 1.58 bits per heavy atom. The van der Waals surface area contributed by atoms with E-state index in [1.165, 1.54) is 0 Å². The van der Waals surface area contributed by atoms with Crippen molar-refractivity contribution in [3.63, 3.8) is 0 Å². The molecule has 0 heterocycles. The molecule has 1 rings (SSSR count). The van der Waals surface area contributed by atoms with Crippen LogP contribution in [0.4, 0.5) is 0 Å². The van der Waals surface area contributed by atoms with E-state index < -0.39 is 25.6 Å². The Balaban J connectivity index is 3.04. The minimum Gasteiger partial charge on any atom is -0.242 e. The van der Waals surface area contributed by atoms with Gasteiger partial charge in [0, 0.05) is 5.02 Å². The van der Waals surface area contributed by atoms with Crippen molar-refractivity contribution in [3.05, 3.63) is 34.9 Å². The molecule has 0 amide bonds. The van der Waals surface area contributed by atoms with Crippen molar-refractivity contribution in [3.8, 4) is 0 Å². The molecule has 0 bridgehead atoms. The van der Waals surface area contributed by atoms with E-state index >= 15 is 0 Å². The molecular weight excluding hydrogens is 348 g/mol. The predicted octanol–water partition coefficient (Wildman–Crippen LogP) is 4.80. The Morgan fingerprint density at radius 1 is 1.11 bits per heavy atom. The minimum absolute atomic E-state index is 0.458. The fourth-order valence-corrected chi connectivity index (χ4v) is 3.01. The van der Waals surface area contributed by atoms with Gasteiger partial charge in [-0.1, -0.05) is 58.5 Å². The minimum atomic E-state index is -1.62. The van der Waals surface area contributed by atoms with Crippen molar-refractivity contribution in [2.45, 2.75) is 35.4 Å². The quantitative estimate of drug-likeness (QED) is 0.768. The molecule has 2 nitrogen and oxygen atoms in total. The van der Waals surface area contributed by atoms with Gasteiger partial charge in [-0.2, -0.15) is 0 Å². The molecule has 0 fully saturated rings. The zero-order valence-corrected chi connectivity index (χ0v) is 14.6. The molecule has 108 valence electrons. The molecule has 0 unspecified atom stereocenters. The molecule has 0 radical (unpaired) electrons. The van der Waals surface area contributed by atoms with Crippen LogP contribution in [0.2, 0.25) is 5.02 Å². The van der Waals surface area contributed by atoms with E-state index in [9.17, 15) is 4.21 Å². The Kier molecular flexibility index (Phi) is 6.00. The van der Waals surface area contributed by atoms with Gasteiger partial charge in [0.1, 0.15) is 0 Å². The van der Waals surface area contributed by atoms with Crippen molar-refractivity contribution in [1.82, 2.24) is 4.72 Å². The summed E-state index contributed by atoms with van der Waals surface area (Å²) in [5.74, 6) is 0. The third-order valence-electron chi connectivity index (χ3n) is 2.31. The summed E-state index contributed by atoms with van der Waals surface area (Å²) in [4.78, 5) is 0. The van der Waals surface area contributed by atoms with Crippen LogP contribution in [0.3, 0.4) is 0 Å². The molecule has 0 saturated heterocycles. The van der Waals surface area contributed by atoms with Gasteiger partial charge in [0.25, 0.3) is 0 Å². The van der Waals surface area contributed by atoms with Crippen LogP contribution >= 0.6 is 46.4 Å². The molecule has 1 aromatic rings. The van der Waals surface area contributed by atoms with Crippen molar-refractivity contribution in [2.24, 2.45) is 0 Å². The second kappa shape index (κ2) is 6.50. The first-order valence-corrected chi connectivity index (χ1v) is 8.18. The maximum absolute atomic E-state index is 12.2. The van der Waals surface area contributed by atoms with Gasteiger partial charge in [0.05, 0.1) is 21.8 Å². The number of benzene rings is 1. The number of halogens is 4. The van der Waals surface area contributed by atoms with Crippen LogP contribution in [-0.4, -0.2) is 12.7 Å². The van der Waals surface area contributed by atoms with Gasteiger partial charge < -0.3 is 0 Å². The van der Waals surface area contributed by atoms with E-state index in [4.69, 9.17) is 46.4 Å². The van der Waals surface area contributed by atoms with Gasteiger partial charge in [-0.05, 0) is 38.5 Å². The zero-order chi connectivity index (χ0) is 14.8. The lowest BCUT2D eigenvalue weighted by atomic mass is 10.1. The van der Waals surface area contributed by atoms with Gasteiger partial charge in [-0.3, -0.25) is 0 Å². The molecule has 0 spiro atoms. The van der Waals surface area contributed by atoms with Gasteiger partial charge in [-0.25, -0.2) is 8.93 Å². The van der Waals surface area contributed by atoms with Crippen LogP contribution in [0.25, 0.3) is 0 Å². The van der Waals surface area contributed by atoms with Crippen molar-refractivity contribution in [1.29, 1.82) is 0 Å². The highest BCUT2D eigenvalue weighted by Crippen LogP contribution is 2.40.